The highest BCUT2D eigenvalue weighted by molar-refractivity contribution is 6.31. The van der Waals surface area contributed by atoms with E-state index < -0.39 is 5.54 Å². The summed E-state index contributed by atoms with van der Waals surface area (Å²) >= 11 is 5.92. The number of hydrogen-bond acceptors (Lipinski definition) is 3. The van der Waals surface area contributed by atoms with E-state index in [1.54, 1.807) is 25.1 Å². The predicted octanol–water partition coefficient (Wildman–Crippen LogP) is 1.09. The van der Waals surface area contributed by atoms with Gasteiger partial charge in [-0.25, -0.2) is 0 Å². The van der Waals surface area contributed by atoms with Crippen LogP contribution in [0.15, 0.2) is 18.2 Å². The van der Waals surface area contributed by atoms with E-state index >= 15 is 0 Å². The van der Waals surface area contributed by atoms with E-state index in [4.69, 9.17) is 28.2 Å². The van der Waals surface area contributed by atoms with Crippen LogP contribution in [0.4, 0.5) is 5.69 Å². The third kappa shape index (κ3) is 2.12. The molecule has 1 unspecified atom stereocenters. The molecule has 0 aliphatic heterocycles. The minimum Gasteiger partial charge on any atom is -0.399 e. The van der Waals surface area contributed by atoms with Gasteiger partial charge in [0.05, 0.1) is 12.1 Å². The summed E-state index contributed by atoms with van der Waals surface area (Å²) < 4.78 is 0. The topological polar surface area (TPSA) is 72.3 Å². The summed E-state index contributed by atoms with van der Waals surface area (Å²) in [6, 6.07) is 5.06. The van der Waals surface area contributed by atoms with Crippen LogP contribution in [0.3, 0.4) is 0 Å². The maximum absolute atomic E-state index is 9.03. The Morgan fingerprint density at radius 1 is 1.54 bits per heavy atom. The Bertz CT molecular complexity index is 312. The Kier molecular flexibility index (Phi) is 2.81. The molecule has 1 aromatic carbocycles. The minimum absolute atomic E-state index is 0.156. The van der Waals surface area contributed by atoms with Gasteiger partial charge in [-0.1, -0.05) is 17.7 Å². The molecule has 1 atom stereocenters. The number of halogens is 1. The van der Waals surface area contributed by atoms with Crippen LogP contribution in [0.2, 0.25) is 5.02 Å². The summed E-state index contributed by atoms with van der Waals surface area (Å²) in [4.78, 5) is 0. The molecular formula is C9H13ClN2O. The molecule has 0 saturated carbocycles. The fourth-order valence-corrected chi connectivity index (χ4v) is 1.48. The van der Waals surface area contributed by atoms with Gasteiger partial charge >= 0.3 is 0 Å². The van der Waals surface area contributed by atoms with Crippen LogP contribution in [-0.2, 0) is 5.54 Å². The van der Waals surface area contributed by atoms with Gasteiger partial charge < -0.3 is 16.6 Å². The van der Waals surface area contributed by atoms with Crippen LogP contribution in [0.25, 0.3) is 0 Å². The number of nitrogens with two attached hydrogens (primary N) is 2. The average molecular weight is 201 g/mol. The summed E-state index contributed by atoms with van der Waals surface area (Å²) in [6.45, 7) is 1.56. The lowest BCUT2D eigenvalue weighted by Crippen LogP contribution is -2.37. The molecule has 1 aromatic rings. The van der Waals surface area contributed by atoms with E-state index in [0.29, 0.717) is 16.3 Å². The van der Waals surface area contributed by atoms with Crippen LogP contribution in [0.5, 0.6) is 0 Å². The summed E-state index contributed by atoms with van der Waals surface area (Å²) in [5, 5.41) is 9.51. The van der Waals surface area contributed by atoms with Crippen molar-refractivity contribution in [3.63, 3.8) is 0 Å². The number of rotatable bonds is 2. The molecule has 3 nitrogen and oxygen atoms in total. The van der Waals surface area contributed by atoms with Crippen molar-refractivity contribution >= 4 is 17.3 Å². The fraction of sp³-hybridized carbons (Fsp3) is 0.333. The maximum atomic E-state index is 9.03. The van der Waals surface area contributed by atoms with E-state index in [1.807, 2.05) is 0 Å². The second-order valence-corrected chi connectivity index (χ2v) is 3.72. The van der Waals surface area contributed by atoms with Gasteiger partial charge in [0, 0.05) is 10.7 Å². The zero-order chi connectivity index (χ0) is 10.1. The Balaban J connectivity index is 3.16. The SMILES string of the molecule is CC(N)(CO)c1ccc(N)cc1Cl. The number of benzene rings is 1. The number of aliphatic hydroxyl groups is 1. The first-order chi connectivity index (χ1) is 5.97. The van der Waals surface area contributed by atoms with Crippen LogP contribution in [0, 0.1) is 0 Å². The van der Waals surface area contributed by atoms with Crippen LogP contribution in [-0.4, -0.2) is 11.7 Å². The van der Waals surface area contributed by atoms with E-state index in [2.05, 4.69) is 0 Å². The molecule has 0 aliphatic carbocycles. The zero-order valence-electron chi connectivity index (χ0n) is 7.42. The first-order valence-electron chi connectivity index (χ1n) is 3.92. The number of anilines is 1. The van der Waals surface area contributed by atoms with Crippen LogP contribution < -0.4 is 11.5 Å². The van der Waals surface area contributed by atoms with Crippen molar-refractivity contribution in [1.29, 1.82) is 0 Å². The normalized spacial score (nSPS) is 15.4. The van der Waals surface area contributed by atoms with Gasteiger partial charge in [-0.3, -0.25) is 0 Å². The number of hydrogen-bond donors (Lipinski definition) is 3. The Hall–Kier alpha value is -0.770. The standard InChI is InChI=1S/C9H13ClN2O/c1-9(12,5-13)7-3-2-6(11)4-8(7)10/h2-4,13H,5,11-12H2,1H3. The highest BCUT2D eigenvalue weighted by Crippen LogP contribution is 2.27. The molecule has 0 spiro atoms. The molecule has 1 rings (SSSR count). The molecule has 0 bridgehead atoms. The molecule has 0 amide bonds. The van der Waals surface area contributed by atoms with Crippen molar-refractivity contribution in [2.45, 2.75) is 12.5 Å². The van der Waals surface area contributed by atoms with Crippen molar-refractivity contribution in [1.82, 2.24) is 0 Å². The summed E-state index contributed by atoms with van der Waals surface area (Å²) in [5.74, 6) is 0. The molecule has 0 heterocycles. The molecular weight excluding hydrogens is 188 g/mol. The molecule has 72 valence electrons. The van der Waals surface area contributed by atoms with E-state index in [0.717, 1.165) is 0 Å². The molecule has 13 heavy (non-hydrogen) atoms. The summed E-state index contributed by atoms with van der Waals surface area (Å²) in [6.07, 6.45) is 0. The molecule has 0 aliphatic rings. The van der Waals surface area contributed by atoms with Crippen molar-refractivity contribution < 1.29 is 5.11 Å². The quantitative estimate of drug-likeness (QED) is 0.626. The Labute approximate surface area is 82.3 Å². The first-order valence-corrected chi connectivity index (χ1v) is 4.30. The molecule has 0 saturated heterocycles. The largest absolute Gasteiger partial charge is 0.399 e. The number of nitrogen functional groups attached to an aromatic ring is 1. The molecule has 0 radical (unpaired) electrons. The highest BCUT2D eigenvalue weighted by atomic mass is 35.5. The van der Waals surface area contributed by atoms with Crippen LogP contribution >= 0.6 is 11.6 Å². The second-order valence-electron chi connectivity index (χ2n) is 3.31. The molecule has 0 aromatic heterocycles. The zero-order valence-corrected chi connectivity index (χ0v) is 8.17. The Morgan fingerprint density at radius 3 is 2.62 bits per heavy atom. The van der Waals surface area contributed by atoms with Gasteiger partial charge in [0.2, 0.25) is 0 Å². The lowest BCUT2D eigenvalue weighted by atomic mass is 9.94. The molecule has 0 fully saturated rings. The average Bonchev–Trinajstić information content (AvgIpc) is 2.03. The first kappa shape index (κ1) is 10.3. The highest BCUT2D eigenvalue weighted by Gasteiger charge is 2.22. The van der Waals surface area contributed by atoms with Gasteiger partial charge in [-0.05, 0) is 24.6 Å². The summed E-state index contributed by atoms with van der Waals surface area (Å²) in [5.41, 5.74) is 11.8. The smallest absolute Gasteiger partial charge is 0.0650 e. The van der Waals surface area contributed by atoms with Crippen molar-refractivity contribution in [3.8, 4) is 0 Å². The van der Waals surface area contributed by atoms with Crippen molar-refractivity contribution in [2.24, 2.45) is 5.73 Å². The second kappa shape index (κ2) is 3.54. The van der Waals surface area contributed by atoms with E-state index in [1.165, 1.54) is 0 Å². The maximum Gasteiger partial charge on any atom is 0.0650 e. The van der Waals surface area contributed by atoms with Gasteiger partial charge in [0.25, 0.3) is 0 Å². The fourth-order valence-electron chi connectivity index (χ4n) is 1.08. The van der Waals surface area contributed by atoms with E-state index in [9.17, 15) is 0 Å². The monoisotopic (exact) mass is 200 g/mol. The van der Waals surface area contributed by atoms with Gasteiger partial charge in [0.1, 0.15) is 0 Å². The van der Waals surface area contributed by atoms with E-state index in [-0.39, 0.29) is 6.61 Å². The third-order valence-electron chi connectivity index (χ3n) is 1.94. The minimum atomic E-state index is -0.815. The third-order valence-corrected chi connectivity index (χ3v) is 2.25. The Morgan fingerprint density at radius 2 is 2.15 bits per heavy atom. The van der Waals surface area contributed by atoms with Crippen LogP contribution in [0.1, 0.15) is 12.5 Å². The van der Waals surface area contributed by atoms with Crippen molar-refractivity contribution in [3.05, 3.63) is 28.8 Å². The van der Waals surface area contributed by atoms with Crippen molar-refractivity contribution in [2.75, 3.05) is 12.3 Å². The summed E-state index contributed by atoms with van der Waals surface area (Å²) in [7, 11) is 0. The predicted molar refractivity (Wildman–Crippen MR) is 54.5 cm³/mol. The molecule has 4 heteroatoms. The van der Waals surface area contributed by atoms with Gasteiger partial charge in [-0.15, -0.1) is 0 Å². The van der Waals surface area contributed by atoms with Gasteiger partial charge in [0.15, 0.2) is 0 Å². The number of aliphatic hydroxyl groups excluding tert-OH is 1. The lowest BCUT2D eigenvalue weighted by molar-refractivity contribution is 0.210. The van der Waals surface area contributed by atoms with Gasteiger partial charge in [-0.2, -0.15) is 0 Å². The molecule has 5 N–H and O–H groups in total. The lowest BCUT2D eigenvalue weighted by Gasteiger charge is -2.23.